The molecular weight excluding hydrogens is 311 g/mol. The largest absolute Gasteiger partial charge is 0.462 e. The quantitative estimate of drug-likeness (QED) is 0.824. The summed E-state index contributed by atoms with van der Waals surface area (Å²) in [4.78, 5) is 27.4. The second-order valence-corrected chi connectivity index (χ2v) is 5.59. The fourth-order valence-corrected chi connectivity index (χ4v) is 2.59. The molecule has 0 radical (unpaired) electrons. The molecule has 24 heavy (non-hydrogen) atoms. The van der Waals surface area contributed by atoms with Crippen LogP contribution >= 0.6 is 0 Å². The minimum Gasteiger partial charge on any atom is -0.462 e. The zero-order valence-corrected chi connectivity index (χ0v) is 14.2. The minimum absolute atomic E-state index is 0.270. The number of aromatic nitrogens is 1. The molecule has 128 valence electrons. The third-order valence-electron chi connectivity index (χ3n) is 3.86. The number of hydrogen-bond acceptors (Lipinski definition) is 3. The van der Waals surface area contributed by atoms with Crippen LogP contribution in [0.1, 0.15) is 57.6 Å². The Labute approximate surface area is 140 Å². The molecule has 1 aromatic carbocycles. The number of esters is 1. The number of carbonyl (C=O) groups excluding carboxylic acids is 2. The van der Waals surface area contributed by atoms with Crippen molar-refractivity contribution in [1.82, 2.24) is 10.3 Å². The fourth-order valence-electron chi connectivity index (χ4n) is 2.59. The fraction of sp³-hybridized carbons (Fsp3) is 0.333. The van der Waals surface area contributed by atoms with Crippen LogP contribution in [0, 0.1) is 19.7 Å². The van der Waals surface area contributed by atoms with E-state index >= 15 is 0 Å². The van der Waals surface area contributed by atoms with Crippen LogP contribution in [0.2, 0.25) is 0 Å². The lowest BCUT2D eigenvalue weighted by Crippen LogP contribution is -2.27. The van der Waals surface area contributed by atoms with Crippen LogP contribution in [-0.2, 0) is 4.74 Å². The molecule has 0 saturated carbocycles. The highest BCUT2D eigenvalue weighted by Gasteiger charge is 2.23. The van der Waals surface area contributed by atoms with Crippen molar-refractivity contribution >= 4 is 11.9 Å². The first-order valence-corrected chi connectivity index (χ1v) is 7.77. The number of aryl methyl sites for hydroxylation is 1. The molecule has 2 N–H and O–H groups in total. The molecule has 0 fully saturated rings. The molecule has 6 heteroatoms. The van der Waals surface area contributed by atoms with Gasteiger partial charge in [-0.15, -0.1) is 0 Å². The Kier molecular flexibility index (Phi) is 5.39. The molecule has 0 aliphatic heterocycles. The number of rotatable bonds is 5. The summed E-state index contributed by atoms with van der Waals surface area (Å²) < 4.78 is 18.0. The predicted molar refractivity (Wildman–Crippen MR) is 88.5 cm³/mol. The van der Waals surface area contributed by atoms with Gasteiger partial charge in [-0.05, 0) is 51.0 Å². The van der Waals surface area contributed by atoms with Crippen molar-refractivity contribution in [2.24, 2.45) is 0 Å². The molecule has 5 nitrogen and oxygen atoms in total. The second-order valence-electron chi connectivity index (χ2n) is 5.59. The number of aromatic amines is 1. The van der Waals surface area contributed by atoms with Gasteiger partial charge in [-0.25, -0.2) is 9.18 Å². The zero-order valence-electron chi connectivity index (χ0n) is 14.2. The number of carbonyl (C=O) groups is 2. The third kappa shape index (κ3) is 3.64. The molecule has 1 heterocycles. The maximum Gasteiger partial charge on any atom is 0.340 e. The lowest BCUT2D eigenvalue weighted by molar-refractivity contribution is 0.0525. The normalized spacial score (nSPS) is 11.9. The summed E-state index contributed by atoms with van der Waals surface area (Å²) in [6.45, 7) is 7.23. The van der Waals surface area contributed by atoms with Gasteiger partial charge in [-0.2, -0.15) is 0 Å². The zero-order chi connectivity index (χ0) is 17.9. The van der Waals surface area contributed by atoms with Crippen molar-refractivity contribution in [3.63, 3.8) is 0 Å². The first-order valence-electron chi connectivity index (χ1n) is 7.77. The Hall–Kier alpha value is -2.63. The standard InChI is InChI=1S/C18H21FN2O3/c1-5-24-18(23)15-10(2)16(20-12(15)4)17(22)21-11(3)13-6-8-14(19)9-7-13/h6-9,11,20H,5H2,1-4H3,(H,21,22). The molecule has 2 rings (SSSR count). The molecule has 2 aromatic rings. The summed E-state index contributed by atoms with van der Waals surface area (Å²) in [5, 5.41) is 2.84. The molecular formula is C18H21FN2O3. The Balaban J connectivity index is 2.19. The van der Waals surface area contributed by atoms with Gasteiger partial charge < -0.3 is 15.0 Å². The summed E-state index contributed by atoms with van der Waals surface area (Å²) in [5.41, 5.74) is 2.64. The van der Waals surface area contributed by atoms with E-state index in [9.17, 15) is 14.0 Å². The summed E-state index contributed by atoms with van der Waals surface area (Å²) in [7, 11) is 0. The minimum atomic E-state index is -0.450. The summed E-state index contributed by atoms with van der Waals surface area (Å²) >= 11 is 0. The van der Waals surface area contributed by atoms with Crippen molar-refractivity contribution in [1.29, 1.82) is 0 Å². The molecule has 1 unspecified atom stereocenters. The monoisotopic (exact) mass is 332 g/mol. The van der Waals surface area contributed by atoms with E-state index in [0.717, 1.165) is 5.56 Å². The maximum absolute atomic E-state index is 13.0. The van der Waals surface area contributed by atoms with E-state index in [2.05, 4.69) is 10.3 Å². The van der Waals surface area contributed by atoms with Crippen molar-refractivity contribution < 1.29 is 18.7 Å². The molecule has 0 bridgehead atoms. The summed E-state index contributed by atoms with van der Waals surface area (Å²) in [5.74, 6) is -1.11. The molecule has 0 spiro atoms. The van der Waals surface area contributed by atoms with Gasteiger partial charge in [-0.3, -0.25) is 4.79 Å². The lowest BCUT2D eigenvalue weighted by Gasteiger charge is -2.14. The first kappa shape index (κ1) is 17.7. The van der Waals surface area contributed by atoms with Crippen molar-refractivity contribution in [3.8, 4) is 0 Å². The van der Waals surface area contributed by atoms with E-state index in [-0.39, 0.29) is 24.4 Å². The Morgan fingerprint density at radius 3 is 2.46 bits per heavy atom. The van der Waals surface area contributed by atoms with E-state index in [4.69, 9.17) is 4.74 Å². The predicted octanol–water partition coefficient (Wildman–Crippen LogP) is 3.44. The second kappa shape index (κ2) is 7.29. The van der Waals surface area contributed by atoms with E-state index in [1.807, 2.05) is 6.92 Å². The molecule has 1 amide bonds. The highest BCUT2D eigenvalue weighted by molar-refractivity contribution is 6.00. The van der Waals surface area contributed by atoms with Gasteiger partial charge in [-0.1, -0.05) is 12.1 Å². The number of amides is 1. The molecule has 1 aromatic heterocycles. The number of H-pyrrole nitrogens is 1. The van der Waals surface area contributed by atoms with Gasteiger partial charge in [0.25, 0.3) is 5.91 Å². The smallest absolute Gasteiger partial charge is 0.340 e. The molecule has 0 aliphatic rings. The number of ether oxygens (including phenoxy) is 1. The first-order chi connectivity index (χ1) is 11.3. The Bertz CT molecular complexity index is 750. The SMILES string of the molecule is CCOC(=O)c1c(C)[nH]c(C(=O)NC(C)c2ccc(F)cc2)c1C. The summed E-state index contributed by atoms with van der Waals surface area (Å²) in [6.07, 6.45) is 0. The van der Waals surface area contributed by atoms with Gasteiger partial charge in [0, 0.05) is 5.69 Å². The number of benzene rings is 1. The van der Waals surface area contributed by atoms with Crippen LogP contribution in [0.3, 0.4) is 0 Å². The molecule has 0 aliphatic carbocycles. The Morgan fingerprint density at radius 2 is 1.88 bits per heavy atom. The van der Waals surface area contributed by atoms with E-state index < -0.39 is 5.97 Å². The number of nitrogens with one attached hydrogen (secondary N) is 2. The van der Waals surface area contributed by atoms with Gasteiger partial charge in [0.15, 0.2) is 0 Å². The van der Waals surface area contributed by atoms with Gasteiger partial charge in [0.2, 0.25) is 0 Å². The topological polar surface area (TPSA) is 71.2 Å². The average Bonchev–Trinajstić information content (AvgIpc) is 2.83. The van der Waals surface area contributed by atoms with Gasteiger partial charge in [0.1, 0.15) is 11.5 Å². The van der Waals surface area contributed by atoms with Crippen LogP contribution in [0.25, 0.3) is 0 Å². The number of halogens is 1. The van der Waals surface area contributed by atoms with E-state index in [1.54, 1.807) is 32.9 Å². The van der Waals surface area contributed by atoms with Crippen LogP contribution in [-0.4, -0.2) is 23.5 Å². The van der Waals surface area contributed by atoms with E-state index in [0.29, 0.717) is 22.5 Å². The van der Waals surface area contributed by atoms with Crippen LogP contribution in [0.4, 0.5) is 4.39 Å². The third-order valence-corrected chi connectivity index (χ3v) is 3.86. The van der Waals surface area contributed by atoms with Crippen molar-refractivity contribution in [2.45, 2.75) is 33.7 Å². The maximum atomic E-state index is 13.0. The number of hydrogen-bond donors (Lipinski definition) is 2. The van der Waals surface area contributed by atoms with Crippen molar-refractivity contribution in [2.75, 3.05) is 6.61 Å². The van der Waals surface area contributed by atoms with Gasteiger partial charge >= 0.3 is 5.97 Å². The molecule has 1 atom stereocenters. The van der Waals surface area contributed by atoms with Crippen LogP contribution in [0.15, 0.2) is 24.3 Å². The van der Waals surface area contributed by atoms with Gasteiger partial charge in [0.05, 0.1) is 18.2 Å². The lowest BCUT2D eigenvalue weighted by atomic mass is 10.1. The highest BCUT2D eigenvalue weighted by Crippen LogP contribution is 2.20. The molecule has 0 saturated heterocycles. The Morgan fingerprint density at radius 1 is 1.25 bits per heavy atom. The average molecular weight is 332 g/mol. The van der Waals surface area contributed by atoms with Crippen LogP contribution in [0.5, 0.6) is 0 Å². The summed E-state index contributed by atoms with van der Waals surface area (Å²) in [6, 6.07) is 5.64. The van der Waals surface area contributed by atoms with E-state index in [1.165, 1.54) is 12.1 Å². The highest BCUT2D eigenvalue weighted by atomic mass is 19.1. The van der Waals surface area contributed by atoms with Crippen LogP contribution < -0.4 is 5.32 Å². The van der Waals surface area contributed by atoms with Crippen molar-refractivity contribution in [3.05, 3.63) is 58.2 Å².